The van der Waals surface area contributed by atoms with Crippen LogP contribution in [-0.4, -0.2) is 29.9 Å². The summed E-state index contributed by atoms with van der Waals surface area (Å²) in [5, 5.41) is 12.2. The highest BCUT2D eigenvalue weighted by atomic mass is 16.2. The number of carbonyl (C=O) groups excluding carboxylic acids is 1. The maximum atomic E-state index is 12.4. The van der Waals surface area contributed by atoms with E-state index >= 15 is 0 Å². The number of nitrogens with zero attached hydrogens (tertiary/aromatic N) is 2. The Hall–Kier alpha value is -2.02. The lowest BCUT2D eigenvalue weighted by Gasteiger charge is -2.25. The van der Waals surface area contributed by atoms with Crippen molar-refractivity contribution in [3.05, 3.63) is 29.8 Å². The lowest BCUT2D eigenvalue weighted by atomic mass is 10.1. The van der Waals surface area contributed by atoms with Gasteiger partial charge >= 0.3 is 0 Å². The third kappa shape index (κ3) is 3.51. The van der Waals surface area contributed by atoms with Gasteiger partial charge in [-0.2, -0.15) is 5.26 Å². The molecule has 1 aromatic carbocycles. The second kappa shape index (κ2) is 6.95. The fourth-order valence-electron chi connectivity index (χ4n) is 2.57. The van der Waals surface area contributed by atoms with Crippen molar-refractivity contribution in [1.82, 2.24) is 4.90 Å². The molecular formula is C16H21N3O. The Bertz CT molecular complexity index is 499. The SMILES string of the molecule is CC(Nc1ccccc1C#N)C(=O)N1CCCCCC1. The van der Waals surface area contributed by atoms with E-state index in [9.17, 15) is 4.79 Å². The number of nitriles is 1. The number of anilines is 1. The summed E-state index contributed by atoms with van der Waals surface area (Å²) < 4.78 is 0. The number of rotatable bonds is 3. The van der Waals surface area contributed by atoms with Gasteiger partial charge in [0.05, 0.1) is 11.3 Å². The van der Waals surface area contributed by atoms with Crippen molar-refractivity contribution in [3.8, 4) is 6.07 Å². The fourth-order valence-corrected chi connectivity index (χ4v) is 2.57. The summed E-state index contributed by atoms with van der Waals surface area (Å²) in [5.41, 5.74) is 1.30. The topological polar surface area (TPSA) is 56.1 Å². The molecule has 1 saturated heterocycles. The molecule has 1 fully saturated rings. The van der Waals surface area contributed by atoms with Crippen molar-refractivity contribution < 1.29 is 4.79 Å². The minimum absolute atomic E-state index is 0.125. The summed E-state index contributed by atoms with van der Waals surface area (Å²) in [6.07, 6.45) is 4.60. The van der Waals surface area contributed by atoms with Gasteiger partial charge in [-0.05, 0) is 31.9 Å². The van der Waals surface area contributed by atoms with E-state index in [1.807, 2.05) is 30.0 Å². The molecule has 1 aromatic rings. The van der Waals surface area contributed by atoms with Crippen LogP contribution in [0.4, 0.5) is 5.69 Å². The molecule has 4 heteroatoms. The highest BCUT2D eigenvalue weighted by molar-refractivity contribution is 5.84. The minimum Gasteiger partial charge on any atom is -0.373 e. The predicted molar refractivity (Wildman–Crippen MR) is 79.3 cm³/mol. The van der Waals surface area contributed by atoms with Crippen molar-refractivity contribution >= 4 is 11.6 Å². The Kier molecular flexibility index (Phi) is 5.00. The van der Waals surface area contributed by atoms with Crippen LogP contribution < -0.4 is 5.32 Å². The smallest absolute Gasteiger partial charge is 0.244 e. The molecule has 1 heterocycles. The molecule has 0 saturated carbocycles. The summed E-state index contributed by atoms with van der Waals surface area (Å²) in [6, 6.07) is 9.12. The Labute approximate surface area is 120 Å². The van der Waals surface area contributed by atoms with Gasteiger partial charge in [0.1, 0.15) is 12.1 Å². The lowest BCUT2D eigenvalue weighted by Crippen LogP contribution is -2.41. The van der Waals surface area contributed by atoms with Gasteiger partial charge < -0.3 is 10.2 Å². The maximum Gasteiger partial charge on any atom is 0.244 e. The van der Waals surface area contributed by atoms with E-state index in [1.54, 1.807) is 6.07 Å². The van der Waals surface area contributed by atoms with E-state index < -0.39 is 0 Å². The van der Waals surface area contributed by atoms with Crippen LogP contribution in [-0.2, 0) is 4.79 Å². The zero-order valence-corrected chi connectivity index (χ0v) is 11.9. The molecule has 0 aliphatic carbocycles. The Balaban J connectivity index is 2.01. The number of carbonyl (C=O) groups is 1. The highest BCUT2D eigenvalue weighted by Gasteiger charge is 2.21. The van der Waals surface area contributed by atoms with Gasteiger partial charge in [-0.1, -0.05) is 25.0 Å². The predicted octanol–water partition coefficient (Wildman–Crippen LogP) is 2.76. The summed E-state index contributed by atoms with van der Waals surface area (Å²) in [7, 11) is 0. The molecule has 1 unspecified atom stereocenters. The second-order valence-electron chi connectivity index (χ2n) is 5.26. The molecular weight excluding hydrogens is 250 g/mol. The number of benzene rings is 1. The normalized spacial score (nSPS) is 16.9. The average Bonchev–Trinajstić information content (AvgIpc) is 2.76. The van der Waals surface area contributed by atoms with Crippen LogP contribution in [0.25, 0.3) is 0 Å². The van der Waals surface area contributed by atoms with Crippen molar-refractivity contribution in [2.24, 2.45) is 0 Å². The quantitative estimate of drug-likeness (QED) is 0.919. The van der Waals surface area contributed by atoms with E-state index in [0.717, 1.165) is 31.6 Å². The summed E-state index contributed by atoms with van der Waals surface area (Å²) in [6.45, 7) is 3.57. The first kappa shape index (κ1) is 14.4. The van der Waals surface area contributed by atoms with E-state index in [1.165, 1.54) is 12.8 Å². The third-order valence-corrected chi connectivity index (χ3v) is 3.71. The maximum absolute atomic E-state index is 12.4. The Morgan fingerprint density at radius 3 is 2.55 bits per heavy atom. The monoisotopic (exact) mass is 271 g/mol. The van der Waals surface area contributed by atoms with Crippen molar-refractivity contribution in [2.75, 3.05) is 18.4 Å². The Morgan fingerprint density at radius 1 is 1.25 bits per heavy atom. The molecule has 0 spiro atoms. The Morgan fingerprint density at radius 2 is 1.90 bits per heavy atom. The highest BCUT2D eigenvalue weighted by Crippen LogP contribution is 2.16. The third-order valence-electron chi connectivity index (χ3n) is 3.71. The molecule has 0 radical (unpaired) electrons. The molecule has 1 amide bonds. The van der Waals surface area contributed by atoms with Gasteiger partial charge in [0.15, 0.2) is 0 Å². The first-order valence-electron chi connectivity index (χ1n) is 7.27. The molecule has 1 aliphatic heterocycles. The minimum atomic E-state index is -0.303. The summed E-state index contributed by atoms with van der Waals surface area (Å²) >= 11 is 0. The summed E-state index contributed by atoms with van der Waals surface area (Å²) in [5.74, 6) is 0.125. The van der Waals surface area contributed by atoms with Crippen LogP contribution in [0.15, 0.2) is 24.3 Å². The van der Waals surface area contributed by atoms with Crippen LogP contribution in [0.1, 0.15) is 38.2 Å². The van der Waals surface area contributed by atoms with Gasteiger partial charge in [-0.25, -0.2) is 0 Å². The van der Waals surface area contributed by atoms with E-state index in [0.29, 0.717) is 5.56 Å². The molecule has 1 aliphatic rings. The van der Waals surface area contributed by atoms with Crippen LogP contribution in [0.3, 0.4) is 0 Å². The largest absolute Gasteiger partial charge is 0.373 e. The number of hydrogen-bond donors (Lipinski definition) is 1. The van der Waals surface area contributed by atoms with Crippen molar-refractivity contribution in [1.29, 1.82) is 5.26 Å². The molecule has 4 nitrogen and oxygen atoms in total. The number of nitrogens with one attached hydrogen (secondary N) is 1. The van der Waals surface area contributed by atoms with Crippen molar-refractivity contribution in [3.63, 3.8) is 0 Å². The van der Waals surface area contributed by atoms with Gasteiger partial charge in [-0.3, -0.25) is 4.79 Å². The van der Waals surface area contributed by atoms with Gasteiger partial charge in [0, 0.05) is 13.1 Å². The molecule has 0 aromatic heterocycles. The molecule has 1 N–H and O–H groups in total. The number of amides is 1. The van der Waals surface area contributed by atoms with Crippen molar-refractivity contribution in [2.45, 2.75) is 38.6 Å². The van der Waals surface area contributed by atoms with E-state index in [-0.39, 0.29) is 11.9 Å². The van der Waals surface area contributed by atoms with Gasteiger partial charge in [0.25, 0.3) is 0 Å². The molecule has 20 heavy (non-hydrogen) atoms. The van der Waals surface area contributed by atoms with E-state index in [4.69, 9.17) is 5.26 Å². The lowest BCUT2D eigenvalue weighted by molar-refractivity contribution is -0.131. The van der Waals surface area contributed by atoms with Gasteiger partial charge in [0.2, 0.25) is 5.91 Å². The van der Waals surface area contributed by atoms with Crippen LogP contribution in [0, 0.1) is 11.3 Å². The van der Waals surface area contributed by atoms with Crippen LogP contribution in [0.5, 0.6) is 0 Å². The zero-order valence-electron chi connectivity index (χ0n) is 11.9. The zero-order chi connectivity index (χ0) is 14.4. The van der Waals surface area contributed by atoms with E-state index in [2.05, 4.69) is 11.4 Å². The van der Waals surface area contributed by atoms with Crippen LogP contribution in [0.2, 0.25) is 0 Å². The molecule has 2 rings (SSSR count). The fraction of sp³-hybridized carbons (Fsp3) is 0.500. The standard InChI is InChI=1S/C16H21N3O/c1-13(16(20)19-10-6-2-3-7-11-19)18-15-9-5-4-8-14(15)12-17/h4-5,8-9,13,18H,2-3,6-7,10-11H2,1H3. The summed E-state index contributed by atoms with van der Waals surface area (Å²) in [4.78, 5) is 14.4. The number of hydrogen-bond acceptors (Lipinski definition) is 3. The molecule has 0 bridgehead atoms. The van der Waals surface area contributed by atoms with Gasteiger partial charge in [-0.15, -0.1) is 0 Å². The van der Waals surface area contributed by atoms with Crippen LogP contribution >= 0.6 is 0 Å². The first-order chi connectivity index (χ1) is 9.72. The second-order valence-corrected chi connectivity index (χ2v) is 5.26. The molecule has 1 atom stereocenters. The molecule has 106 valence electrons. The average molecular weight is 271 g/mol. The number of likely N-dealkylation sites (tertiary alicyclic amines) is 1. The first-order valence-corrected chi connectivity index (χ1v) is 7.27. The number of para-hydroxylation sites is 1.